The second-order valence-electron chi connectivity index (χ2n) is 2.05. The second-order valence-corrected chi connectivity index (χ2v) is 2.39. The Morgan fingerprint density at radius 3 is 3.09 bits per heavy atom. The molecule has 0 saturated carbocycles. The summed E-state index contributed by atoms with van der Waals surface area (Å²) >= 11 is 5.48. The zero-order valence-corrected chi connectivity index (χ0v) is 6.13. The monoisotopic (exact) mass is 169 g/mol. The fourth-order valence-electron chi connectivity index (χ4n) is 0.901. The lowest BCUT2D eigenvalue weighted by atomic mass is 10.4. The molecule has 0 radical (unpaired) electrons. The molecule has 0 atom stereocenters. The van der Waals surface area contributed by atoms with E-state index in [1.54, 1.807) is 12.3 Å². The highest BCUT2D eigenvalue weighted by Gasteiger charge is 2.04. The number of hydrogen-bond donors (Lipinski definition) is 2. The Morgan fingerprint density at radius 1 is 1.45 bits per heavy atom. The summed E-state index contributed by atoms with van der Waals surface area (Å²) in [6.45, 7) is 0. The van der Waals surface area contributed by atoms with Crippen LogP contribution in [0.3, 0.4) is 0 Å². The first-order chi connectivity index (χ1) is 5.27. The van der Waals surface area contributed by atoms with Crippen LogP contribution in [0.4, 0.5) is 0 Å². The summed E-state index contributed by atoms with van der Waals surface area (Å²) in [7, 11) is 0. The Kier molecular flexibility index (Phi) is 1.22. The fraction of sp³-hybridized carbons (Fsp3) is 0. The van der Waals surface area contributed by atoms with Crippen LogP contribution in [0, 0.1) is 0 Å². The minimum Gasteiger partial charge on any atom is -0.492 e. The van der Waals surface area contributed by atoms with Crippen molar-refractivity contribution in [3.05, 3.63) is 17.5 Å². The van der Waals surface area contributed by atoms with Crippen LogP contribution in [0.5, 0.6) is 5.88 Å². The van der Waals surface area contributed by atoms with E-state index < -0.39 is 0 Å². The number of rotatable bonds is 0. The van der Waals surface area contributed by atoms with Crippen LogP contribution >= 0.6 is 11.6 Å². The van der Waals surface area contributed by atoms with E-state index in [2.05, 4.69) is 15.0 Å². The average molecular weight is 170 g/mol. The molecule has 2 N–H and O–H groups in total. The van der Waals surface area contributed by atoms with Crippen LogP contribution in [0.25, 0.3) is 11.0 Å². The van der Waals surface area contributed by atoms with E-state index in [0.717, 1.165) is 0 Å². The lowest BCUT2D eigenvalue weighted by molar-refractivity contribution is 0.458. The topological polar surface area (TPSA) is 61.8 Å². The van der Waals surface area contributed by atoms with Crippen LogP contribution < -0.4 is 0 Å². The first-order valence-corrected chi connectivity index (χ1v) is 3.35. The van der Waals surface area contributed by atoms with Gasteiger partial charge in [-0.1, -0.05) is 0 Å². The summed E-state index contributed by atoms with van der Waals surface area (Å²) in [5, 5.41) is 9.22. The number of aromatic nitrogens is 3. The van der Waals surface area contributed by atoms with Crippen molar-refractivity contribution in [1.82, 2.24) is 15.0 Å². The van der Waals surface area contributed by atoms with Crippen molar-refractivity contribution in [2.45, 2.75) is 0 Å². The Bertz CT molecular complexity index is 398. The van der Waals surface area contributed by atoms with Gasteiger partial charge in [-0.3, -0.25) is 0 Å². The normalized spacial score (nSPS) is 10.6. The van der Waals surface area contributed by atoms with Crippen molar-refractivity contribution >= 4 is 22.6 Å². The van der Waals surface area contributed by atoms with E-state index >= 15 is 0 Å². The molecule has 0 unspecified atom stereocenters. The predicted octanol–water partition coefficient (Wildman–Crippen LogP) is 1.32. The van der Waals surface area contributed by atoms with Crippen molar-refractivity contribution in [3.8, 4) is 5.88 Å². The van der Waals surface area contributed by atoms with E-state index in [-0.39, 0.29) is 11.2 Å². The largest absolute Gasteiger partial charge is 0.492 e. The van der Waals surface area contributed by atoms with Gasteiger partial charge < -0.3 is 10.1 Å². The SMILES string of the molecule is Oc1nc(Cl)nc2cc[nH]c12. The van der Waals surface area contributed by atoms with E-state index in [9.17, 15) is 5.11 Å². The highest BCUT2D eigenvalue weighted by atomic mass is 35.5. The van der Waals surface area contributed by atoms with Gasteiger partial charge >= 0.3 is 0 Å². The standard InChI is InChI=1S/C6H4ClN3O/c7-6-9-3-1-2-8-4(3)5(11)10-6/h1-2,8H,(H,9,10,11). The molecule has 11 heavy (non-hydrogen) atoms. The molecule has 2 aromatic rings. The van der Waals surface area contributed by atoms with Gasteiger partial charge in [-0.25, -0.2) is 4.98 Å². The maximum absolute atomic E-state index is 9.17. The molecule has 5 heteroatoms. The van der Waals surface area contributed by atoms with Crippen LogP contribution in [-0.4, -0.2) is 20.1 Å². The van der Waals surface area contributed by atoms with Crippen molar-refractivity contribution in [2.75, 3.05) is 0 Å². The zero-order chi connectivity index (χ0) is 7.84. The molecule has 0 aliphatic rings. The summed E-state index contributed by atoms with van der Waals surface area (Å²) in [4.78, 5) is 10.2. The van der Waals surface area contributed by atoms with Gasteiger partial charge in [0.05, 0.1) is 5.52 Å². The van der Waals surface area contributed by atoms with E-state index in [1.807, 2.05) is 0 Å². The lowest BCUT2D eigenvalue weighted by Crippen LogP contribution is -1.82. The summed E-state index contributed by atoms with van der Waals surface area (Å²) < 4.78 is 0. The molecule has 0 amide bonds. The second kappa shape index (κ2) is 2.10. The maximum Gasteiger partial charge on any atom is 0.240 e. The quantitative estimate of drug-likeness (QED) is 0.585. The number of hydrogen-bond acceptors (Lipinski definition) is 3. The molecule has 0 fully saturated rings. The zero-order valence-electron chi connectivity index (χ0n) is 5.37. The summed E-state index contributed by atoms with van der Waals surface area (Å²) in [6.07, 6.45) is 1.66. The van der Waals surface area contributed by atoms with Crippen molar-refractivity contribution in [3.63, 3.8) is 0 Å². The first kappa shape index (κ1) is 6.42. The number of H-pyrrole nitrogens is 1. The molecule has 2 rings (SSSR count). The third-order valence-electron chi connectivity index (χ3n) is 1.36. The van der Waals surface area contributed by atoms with Gasteiger partial charge in [-0.05, 0) is 17.7 Å². The van der Waals surface area contributed by atoms with Crippen LogP contribution in [0.15, 0.2) is 12.3 Å². The predicted molar refractivity (Wildman–Crippen MR) is 40.6 cm³/mol. The molecule has 0 aromatic carbocycles. The molecular formula is C6H4ClN3O. The average Bonchev–Trinajstić information content (AvgIpc) is 2.34. The molecule has 2 aromatic heterocycles. The number of aromatic hydroxyl groups is 1. The smallest absolute Gasteiger partial charge is 0.240 e. The summed E-state index contributed by atoms with van der Waals surface area (Å²) in [6, 6.07) is 1.71. The maximum atomic E-state index is 9.17. The van der Waals surface area contributed by atoms with Crippen LogP contribution in [-0.2, 0) is 0 Å². The molecular weight excluding hydrogens is 166 g/mol. The molecule has 0 saturated heterocycles. The first-order valence-electron chi connectivity index (χ1n) is 2.97. The Morgan fingerprint density at radius 2 is 2.27 bits per heavy atom. The van der Waals surface area contributed by atoms with Gasteiger partial charge in [0.2, 0.25) is 11.2 Å². The van der Waals surface area contributed by atoms with Crippen molar-refractivity contribution < 1.29 is 5.11 Å². The van der Waals surface area contributed by atoms with E-state index in [4.69, 9.17) is 11.6 Å². The summed E-state index contributed by atoms with van der Waals surface area (Å²) in [5.74, 6) is -0.120. The van der Waals surface area contributed by atoms with Gasteiger partial charge in [-0.15, -0.1) is 0 Å². The molecule has 0 aliphatic carbocycles. The van der Waals surface area contributed by atoms with Gasteiger partial charge in [0.1, 0.15) is 5.52 Å². The van der Waals surface area contributed by atoms with Gasteiger partial charge in [-0.2, -0.15) is 4.98 Å². The number of aromatic amines is 1. The number of halogens is 1. The highest BCUT2D eigenvalue weighted by Crippen LogP contribution is 2.20. The van der Waals surface area contributed by atoms with Gasteiger partial charge in [0.15, 0.2) is 0 Å². The minimum atomic E-state index is -0.120. The van der Waals surface area contributed by atoms with Crippen molar-refractivity contribution in [2.24, 2.45) is 0 Å². The number of nitrogens with one attached hydrogen (secondary N) is 1. The third-order valence-corrected chi connectivity index (χ3v) is 1.53. The van der Waals surface area contributed by atoms with Crippen molar-refractivity contribution in [1.29, 1.82) is 0 Å². The lowest BCUT2D eigenvalue weighted by Gasteiger charge is -1.92. The Hall–Kier alpha value is -1.29. The van der Waals surface area contributed by atoms with Gasteiger partial charge in [0.25, 0.3) is 0 Å². The molecule has 0 bridgehead atoms. The van der Waals surface area contributed by atoms with Crippen LogP contribution in [0.1, 0.15) is 0 Å². The number of fused-ring (bicyclic) bond motifs is 1. The molecule has 56 valence electrons. The molecule has 4 nitrogen and oxygen atoms in total. The Labute approximate surface area is 66.9 Å². The Balaban J connectivity index is 2.91. The third kappa shape index (κ3) is 0.914. The van der Waals surface area contributed by atoms with Gasteiger partial charge in [0, 0.05) is 6.20 Å². The number of nitrogens with zero attached hydrogens (tertiary/aromatic N) is 2. The molecule has 0 aliphatic heterocycles. The molecule has 0 spiro atoms. The highest BCUT2D eigenvalue weighted by molar-refractivity contribution is 6.28. The summed E-state index contributed by atoms with van der Waals surface area (Å²) in [5.41, 5.74) is 1.12. The van der Waals surface area contributed by atoms with E-state index in [0.29, 0.717) is 11.0 Å². The minimum absolute atomic E-state index is 0.0506. The fourth-order valence-corrected chi connectivity index (χ4v) is 1.07. The van der Waals surface area contributed by atoms with Crippen LogP contribution in [0.2, 0.25) is 5.28 Å². The van der Waals surface area contributed by atoms with E-state index in [1.165, 1.54) is 0 Å². The molecule has 2 heterocycles.